The van der Waals surface area contributed by atoms with Crippen molar-refractivity contribution in [2.24, 2.45) is 5.14 Å². The van der Waals surface area contributed by atoms with Gasteiger partial charge in [0.2, 0.25) is 15.9 Å². The molecule has 1 atom stereocenters. The first-order valence-corrected chi connectivity index (χ1v) is 11.8. The molecule has 1 aliphatic carbocycles. The van der Waals surface area contributed by atoms with Gasteiger partial charge in [-0.15, -0.1) is 0 Å². The Labute approximate surface area is 184 Å². The molecule has 2 aliphatic rings. The number of carbonyl (C=O) groups is 3. The topological polar surface area (TPSA) is 118 Å². The van der Waals surface area contributed by atoms with Crippen LogP contribution in [0.25, 0.3) is 0 Å². The number of nitrogens with zero attached hydrogens (tertiary/aromatic N) is 2. The van der Waals surface area contributed by atoms with Crippen molar-refractivity contribution < 1.29 is 27.2 Å². The first-order chi connectivity index (χ1) is 15.2. The molecule has 1 heterocycles. The fourth-order valence-corrected chi connectivity index (χ4v) is 4.92. The molecule has 1 aliphatic heterocycles. The van der Waals surface area contributed by atoms with E-state index < -0.39 is 39.6 Å². The van der Waals surface area contributed by atoms with Crippen molar-refractivity contribution in [1.29, 1.82) is 0 Å². The minimum atomic E-state index is -3.93. The van der Waals surface area contributed by atoms with Gasteiger partial charge < -0.3 is 4.90 Å². The maximum Gasteiger partial charge on any atom is 0.257 e. The Morgan fingerprint density at radius 3 is 2.25 bits per heavy atom. The Balaban J connectivity index is 1.67. The van der Waals surface area contributed by atoms with Gasteiger partial charge in [0.05, 0.1) is 22.6 Å². The Morgan fingerprint density at radius 2 is 1.66 bits per heavy atom. The largest absolute Gasteiger partial charge is 0.323 e. The van der Waals surface area contributed by atoms with E-state index in [0.717, 1.165) is 17.7 Å². The van der Waals surface area contributed by atoms with Crippen molar-refractivity contribution in [3.63, 3.8) is 0 Å². The highest BCUT2D eigenvalue weighted by atomic mass is 32.2. The van der Waals surface area contributed by atoms with Crippen LogP contribution < -0.4 is 10.0 Å². The predicted octanol–water partition coefficient (Wildman–Crippen LogP) is 2.19. The van der Waals surface area contributed by atoms with Gasteiger partial charge in [-0.2, -0.15) is 0 Å². The Hall–Kier alpha value is -3.11. The van der Waals surface area contributed by atoms with Crippen molar-refractivity contribution in [3.8, 4) is 0 Å². The lowest BCUT2D eigenvalue weighted by molar-refractivity contribution is -0.123. The summed E-state index contributed by atoms with van der Waals surface area (Å²) in [4.78, 5) is 41.5. The third kappa shape index (κ3) is 4.03. The average Bonchev–Trinajstić information content (AvgIpc) is 3.37. The molecule has 2 aromatic carbocycles. The average molecular weight is 459 g/mol. The zero-order valence-electron chi connectivity index (χ0n) is 17.1. The molecule has 0 bridgehead atoms. The number of rotatable bonds is 5. The summed E-state index contributed by atoms with van der Waals surface area (Å²) < 4.78 is 37.3. The van der Waals surface area contributed by atoms with Gasteiger partial charge in [0.15, 0.2) is 0 Å². The summed E-state index contributed by atoms with van der Waals surface area (Å²) in [7, 11) is -3.93. The first kappa shape index (κ1) is 22.1. The predicted molar refractivity (Wildman–Crippen MR) is 114 cm³/mol. The summed E-state index contributed by atoms with van der Waals surface area (Å²) in [5, 5.41) is 5.10. The van der Waals surface area contributed by atoms with E-state index in [1.54, 1.807) is 6.07 Å². The molecular weight excluding hydrogens is 437 g/mol. The van der Waals surface area contributed by atoms with E-state index in [1.807, 2.05) is 0 Å². The van der Waals surface area contributed by atoms with Gasteiger partial charge in [-0.1, -0.05) is 25.0 Å². The molecule has 1 saturated heterocycles. The second-order valence-corrected chi connectivity index (χ2v) is 9.52. The van der Waals surface area contributed by atoms with Gasteiger partial charge in [-0.25, -0.2) is 22.8 Å². The van der Waals surface area contributed by atoms with E-state index in [0.29, 0.717) is 12.8 Å². The van der Waals surface area contributed by atoms with Crippen LogP contribution in [0, 0.1) is 5.82 Å². The minimum absolute atomic E-state index is 0.143. The van der Waals surface area contributed by atoms with Crippen LogP contribution in [0.1, 0.15) is 42.5 Å². The van der Waals surface area contributed by atoms with E-state index in [4.69, 9.17) is 5.14 Å². The molecule has 4 rings (SSSR count). The van der Waals surface area contributed by atoms with Crippen LogP contribution >= 0.6 is 0 Å². The summed E-state index contributed by atoms with van der Waals surface area (Å²) >= 11 is 0. The number of anilines is 1. The molecule has 2 N–H and O–H groups in total. The number of imide groups is 1. The number of nitrogens with two attached hydrogens (primary N) is 1. The molecule has 168 valence electrons. The van der Waals surface area contributed by atoms with Crippen molar-refractivity contribution in [2.45, 2.75) is 49.1 Å². The molecule has 0 radical (unpaired) electrons. The van der Waals surface area contributed by atoms with Crippen LogP contribution in [0.5, 0.6) is 0 Å². The van der Waals surface area contributed by atoms with E-state index >= 15 is 0 Å². The highest BCUT2D eigenvalue weighted by molar-refractivity contribution is 7.89. The summed E-state index contributed by atoms with van der Waals surface area (Å²) in [6.45, 7) is 0. The van der Waals surface area contributed by atoms with E-state index in [9.17, 15) is 27.2 Å². The molecule has 8 nitrogen and oxygen atoms in total. The molecule has 0 spiro atoms. The van der Waals surface area contributed by atoms with Crippen molar-refractivity contribution in [2.75, 3.05) is 4.90 Å². The summed E-state index contributed by atoms with van der Waals surface area (Å²) in [5.74, 6) is -2.43. The van der Waals surface area contributed by atoms with E-state index in [2.05, 4.69) is 0 Å². The number of hydrogen-bond acceptors (Lipinski definition) is 5. The lowest BCUT2D eigenvalue weighted by Crippen LogP contribution is -2.50. The van der Waals surface area contributed by atoms with Crippen LogP contribution in [0.15, 0.2) is 53.4 Å². The van der Waals surface area contributed by atoms with Gasteiger partial charge in [0.25, 0.3) is 11.8 Å². The highest BCUT2D eigenvalue weighted by Crippen LogP contribution is 2.33. The fourth-order valence-electron chi connectivity index (χ4n) is 4.41. The zero-order valence-corrected chi connectivity index (χ0v) is 17.9. The molecule has 2 fully saturated rings. The zero-order chi connectivity index (χ0) is 23.0. The minimum Gasteiger partial charge on any atom is -0.323 e. The second-order valence-electron chi connectivity index (χ2n) is 7.96. The maximum absolute atomic E-state index is 14.4. The quantitative estimate of drug-likeness (QED) is 0.688. The molecule has 1 saturated carbocycles. The third-order valence-electron chi connectivity index (χ3n) is 5.94. The number of sulfonamides is 1. The van der Waals surface area contributed by atoms with Gasteiger partial charge in [-0.05, 0) is 49.2 Å². The number of hydrogen-bond donors (Lipinski definition) is 1. The monoisotopic (exact) mass is 459 g/mol. The first-order valence-electron chi connectivity index (χ1n) is 10.3. The normalized spacial score (nSPS) is 19.6. The van der Waals surface area contributed by atoms with Gasteiger partial charge in [0.1, 0.15) is 11.9 Å². The smallest absolute Gasteiger partial charge is 0.257 e. The van der Waals surface area contributed by atoms with Crippen molar-refractivity contribution in [3.05, 3.63) is 59.9 Å². The molecular formula is C22H22FN3O5S. The lowest BCUT2D eigenvalue weighted by Gasteiger charge is -2.33. The number of primary sulfonamides is 1. The Morgan fingerprint density at radius 1 is 1.03 bits per heavy atom. The molecule has 32 heavy (non-hydrogen) atoms. The van der Waals surface area contributed by atoms with E-state index in [-0.39, 0.29) is 28.6 Å². The molecule has 2 aromatic rings. The van der Waals surface area contributed by atoms with E-state index in [1.165, 1.54) is 47.4 Å². The summed E-state index contributed by atoms with van der Waals surface area (Å²) in [6.07, 6.45) is 2.85. The second kappa shape index (κ2) is 8.44. The van der Waals surface area contributed by atoms with Gasteiger partial charge in [-0.3, -0.25) is 14.4 Å². The standard InChI is InChI=1S/C22H22FN3O5S/c23-18-8-4-3-7-17(18)21(28)25(14-5-1-2-6-14)19-13-20(27)26(22(19)29)15-9-11-16(12-10-15)32(24,30)31/h3-4,7-12,14,19H,1-2,5-6,13H2,(H2,24,30,31). The van der Waals surface area contributed by atoms with Crippen LogP contribution in [-0.2, 0) is 19.6 Å². The lowest BCUT2D eigenvalue weighted by atomic mass is 10.1. The number of amides is 3. The summed E-state index contributed by atoms with van der Waals surface area (Å²) in [6, 6.07) is 9.28. The fraction of sp³-hybridized carbons (Fsp3) is 0.318. The molecule has 3 amide bonds. The molecule has 10 heteroatoms. The Bertz CT molecular complexity index is 1180. The Kier molecular flexibility index (Phi) is 5.83. The third-order valence-corrected chi connectivity index (χ3v) is 6.87. The number of halogens is 1. The summed E-state index contributed by atoms with van der Waals surface area (Å²) in [5.41, 5.74) is 0.0372. The SMILES string of the molecule is NS(=O)(=O)c1ccc(N2C(=O)CC(N(C(=O)c3ccccc3F)C3CCCC3)C2=O)cc1. The van der Waals surface area contributed by atoms with Gasteiger partial charge >= 0.3 is 0 Å². The number of benzene rings is 2. The van der Waals surface area contributed by atoms with Crippen LogP contribution in [0.2, 0.25) is 0 Å². The highest BCUT2D eigenvalue weighted by Gasteiger charge is 2.47. The van der Waals surface area contributed by atoms with Crippen molar-refractivity contribution >= 4 is 33.4 Å². The maximum atomic E-state index is 14.4. The number of carbonyl (C=O) groups excluding carboxylic acids is 3. The van der Waals surface area contributed by atoms with Crippen LogP contribution in [-0.4, -0.2) is 43.1 Å². The van der Waals surface area contributed by atoms with Crippen LogP contribution in [0.3, 0.4) is 0 Å². The van der Waals surface area contributed by atoms with Gasteiger partial charge in [0, 0.05) is 6.04 Å². The molecule has 1 unspecified atom stereocenters. The molecule has 0 aromatic heterocycles. The van der Waals surface area contributed by atoms with Crippen molar-refractivity contribution in [1.82, 2.24) is 4.90 Å². The van der Waals surface area contributed by atoms with Crippen LogP contribution in [0.4, 0.5) is 10.1 Å².